The van der Waals surface area contributed by atoms with Gasteiger partial charge in [0.2, 0.25) is 0 Å². The summed E-state index contributed by atoms with van der Waals surface area (Å²) >= 11 is 0. The molecule has 9 aromatic carbocycles. The Morgan fingerprint density at radius 3 is 1.30 bits per heavy atom. The smallest absolute Gasteiger partial charge is 0.164 e. The molecule has 0 amide bonds. The lowest BCUT2D eigenvalue weighted by Gasteiger charge is -2.17. The summed E-state index contributed by atoms with van der Waals surface area (Å²) in [5, 5.41) is 11.8. The van der Waals surface area contributed by atoms with E-state index in [2.05, 4.69) is 121 Å². The fourth-order valence-electron chi connectivity index (χ4n) is 8.60. The SMILES string of the molecule is N#Cc1ccc(-c2cccc(-c3nc(-c4ccccc4)nc(-c4ccc(-c5cccc(-c6ccccc6)c5-c5cc(-c6ccccc6)nc(-c6ccccc6)n5)cc4)n3)c2)c2ccccc12. The number of benzene rings is 9. The largest absolute Gasteiger partial charge is 0.228 e. The van der Waals surface area contributed by atoms with Gasteiger partial charge in [-0.3, -0.25) is 0 Å². The molecule has 0 aliphatic rings. The van der Waals surface area contributed by atoms with Crippen LogP contribution in [0.15, 0.2) is 231 Å². The Morgan fingerprint density at radius 2 is 0.697 bits per heavy atom. The summed E-state index contributed by atoms with van der Waals surface area (Å²) in [4.78, 5) is 25.7. The minimum Gasteiger partial charge on any atom is -0.228 e. The van der Waals surface area contributed by atoms with Crippen LogP contribution in [0.4, 0.5) is 0 Å². The third-order valence-corrected chi connectivity index (χ3v) is 11.8. The summed E-state index contributed by atoms with van der Waals surface area (Å²) in [6.07, 6.45) is 0. The van der Waals surface area contributed by atoms with Gasteiger partial charge < -0.3 is 0 Å². The van der Waals surface area contributed by atoms with Gasteiger partial charge in [-0.25, -0.2) is 24.9 Å². The zero-order valence-corrected chi connectivity index (χ0v) is 35.6. The average Bonchev–Trinajstić information content (AvgIpc) is 3.41. The Morgan fingerprint density at radius 1 is 0.273 bits per heavy atom. The standard InChI is InChI=1S/C60H38N6/c61-39-48-35-36-50(53-28-14-13-27-49(48)53)46-25-15-26-47(37-46)60-65-58(44-23-11-4-12-24-44)64-59(66-60)45-33-31-41(32-34-45)52-30-16-29-51(40-17-5-1-6-18-40)56(52)55-38-54(42-19-7-2-8-20-42)62-57(63-55)43-21-9-3-10-22-43/h1-38H. The Labute approximate surface area is 382 Å². The van der Waals surface area contributed by atoms with Gasteiger partial charge in [0, 0.05) is 38.8 Å². The van der Waals surface area contributed by atoms with Crippen molar-refractivity contribution in [2.75, 3.05) is 0 Å². The molecule has 6 nitrogen and oxygen atoms in total. The molecule has 2 aromatic heterocycles. The average molecular weight is 843 g/mol. The molecule has 11 aromatic rings. The van der Waals surface area contributed by atoms with E-state index < -0.39 is 0 Å². The highest BCUT2D eigenvalue weighted by molar-refractivity contribution is 6.00. The molecule has 0 radical (unpaired) electrons. The molecule has 0 N–H and O–H groups in total. The molecule has 0 spiro atoms. The molecule has 0 saturated heterocycles. The molecule has 2 heterocycles. The molecule has 0 atom stereocenters. The van der Waals surface area contributed by atoms with E-state index in [-0.39, 0.29) is 0 Å². The molecule has 0 bridgehead atoms. The maximum absolute atomic E-state index is 9.83. The molecular weight excluding hydrogens is 805 g/mol. The van der Waals surface area contributed by atoms with Crippen LogP contribution in [0.2, 0.25) is 0 Å². The minimum atomic E-state index is 0.563. The lowest BCUT2D eigenvalue weighted by molar-refractivity contribution is 1.07. The third-order valence-electron chi connectivity index (χ3n) is 11.8. The van der Waals surface area contributed by atoms with Gasteiger partial charge >= 0.3 is 0 Å². The molecule has 0 aliphatic carbocycles. The normalized spacial score (nSPS) is 11.0. The van der Waals surface area contributed by atoms with Crippen molar-refractivity contribution >= 4 is 10.8 Å². The van der Waals surface area contributed by atoms with E-state index in [9.17, 15) is 5.26 Å². The van der Waals surface area contributed by atoms with Gasteiger partial charge in [0.1, 0.15) is 0 Å². The van der Waals surface area contributed by atoms with E-state index in [4.69, 9.17) is 24.9 Å². The fourth-order valence-corrected chi connectivity index (χ4v) is 8.60. The van der Waals surface area contributed by atoms with E-state index in [1.807, 2.05) is 115 Å². The molecule has 308 valence electrons. The van der Waals surface area contributed by atoms with Crippen LogP contribution in [0.25, 0.3) is 112 Å². The highest BCUT2D eigenvalue weighted by Gasteiger charge is 2.20. The minimum absolute atomic E-state index is 0.563. The Bertz CT molecular complexity index is 3510. The maximum atomic E-state index is 9.83. The first-order valence-corrected chi connectivity index (χ1v) is 21.8. The second-order valence-corrected chi connectivity index (χ2v) is 15.9. The van der Waals surface area contributed by atoms with Gasteiger partial charge in [-0.15, -0.1) is 0 Å². The first-order chi connectivity index (χ1) is 32.7. The van der Waals surface area contributed by atoms with Crippen molar-refractivity contribution in [1.82, 2.24) is 24.9 Å². The summed E-state index contributed by atoms with van der Waals surface area (Å²) in [6, 6.07) is 80.5. The summed E-state index contributed by atoms with van der Waals surface area (Å²) in [7, 11) is 0. The highest BCUT2D eigenvalue weighted by Crippen LogP contribution is 2.42. The summed E-state index contributed by atoms with van der Waals surface area (Å²) in [5.41, 5.74) is 14.2. The molecule has 66 heavy (non-hydrogen) atoms. The van der Waals surface area contributed by atoms with Gasteiger partial charge in [0.05, 0.1) is 23.0 Å². The predicted molar refractivity (Wildman–Crippen MR) is 267 cm³/mol. The molecular formula is C60H38N6. The Balaban J connectivity index is 1.04. The first-order valence-electron chi connectivity index (χ1n) is 21.8. The topological polar surface area (TPSA) is 88.2 Å². The van der Waals surface area contributed by atoms with Crippen LogP contribution in [0.1, 0.15) is 5.56 Å². The van der Waals surface area contributed by atoms with Crippen LogP contribution in [-0.2, 0) is 0 Å². The molecule has 0 saturated carbocycles. The van der Waals surface area contributed by atoms with Crippen molar-refractivity contribution in [2.45, 2.75) is 0 Å². The zero-order chi connectivity index (χ0) is 44.2. The van der Waals surface area contributed by atoms with Crippen LogP contribution < -0.4 is 0 Å². The number of fused-ring (bicyclic) bond motifs is 1. The quantitative estimate of drug-likeness (QED) is 0.144. The van der Waals surface area contributed by atoms with Gasteiger partial charge in [-0.05, 0) is 57.0 Å². The fraction of sp³-hybridized carbons (Fsp3) is 0. The van der Waals surface area contributed by atoms with Crippen LogP contribution in [0, 0.1) is 11.3 Å². The molecule has 11 rings (SSSR count). The molecule has 0 unspecified atom stereocenters. The van der Waals surface area contributed by atoms with Gasteiger partial charge in [0.15, 0.2) is 23.3 Å². The summed E-state index contributed by atoms with van der Waals surface area (Å²) in [5.74, 6) is 2.37. The van der Waals surface area contributed by atoms with E-state index in [1.165, 1.54) is 0 Å². The van der Waals surface area contributed by atoms with Gasteiger partial charge in [0.25, 0.3) is 0 Å². The number of rotatable bonds is 9. The predicted octanol–water partition coefficient (Wildman–Crippen LogP) is 14.7. The van der Waals surface area contributed by atoms with Gasteiger partial charge in [-0.2, -0.15) is 5.26 Å². The number of hydrogen-bond acceptors (Lipinski definition) is 6. The third kappa shape index (κ3) is 7.78. The van der Waals surface area contributed by atoms with Crippen LogP contribution >= 0.6 is 0 Å². The van der Waals surface area contributed by atoms with Crippen molar-refractivity contribution < 1.29 is 0 Å². The first kappa shape index (κ1) is 39.7. The van der Waals surface area contributed by atoms with E-state index in [1.54, 1.807) is 0 Å². The maximum Gasteiger partial charge on any atom is 0.164 e. The number of nitriles is 1. The van der Waals surface area contributed by atoms with Crippen molar-refractivity contribution in [2.24, 2.45) is 0 Å². The lowest BCUT2D eigenvalue weighted by atomic mass is 9.89. The molecule has 6 heteroatoms. The van der Waals surface area contributed by atoms with Crippen LogP contribution in [-0.4, -0.2) is 24.9 Å². The van der Waals surface area contributed by atoms with Gasteiger partial charge in [-0.1, -0.05) is 212 Å². The number of aromatic nitrogens is 5. The monoisotopic (exact) mass is 842 g/mol. The van der Waals surface area contributed by atoms with E-state index in [0.717, 1.165) is 88.9 Å². The Hall–Kier alpha value is -9.18. The number of hydrogen-bond donors (Lipinski definition) is 0. The summed E-state index contributed by atoms with van der Waals surface area (Å²) < 4.78 is 0. The van der Waals surface area contributed by atoms with E-state index >= 15 is 0 Å². The second-order valence-electron chi connectivity index (χ2n) is 15.9. The van der Waals surface area contributed by atoms with Crippen molar-refractivity contribution in [1.29, 1.82) is 5.26 Å². The zero-order valence-electron chi connectivity index (χ0n) is 35.6. The van der Waals surface area contributed by atoms with Crippen LogP contribution in [0.3, 0.4) is 0 Å². The summed E-state index contributed by atoms with van der Waals surface area (Å²) in [6.45, 7) is 0. The molecule has 0 fully saturated rings. The van der Waals surface area contributed by atoms with Crippen molar-refractivity contribution in [3.8, 4) is 108 Å². The Kier molecular flexibility index (Phi) is 10.5. The highest BCUT2D eigenvalue weighted by atomic mass is 15.0. The van der Waals surface area contributed by atoms with Crippen molar-refractivity contribution in [3.63, 3.8) is 0 Å². The van der Waals surface area contributed by atoms with E-state index in [0.29, 0.717) is 28.9 Å². The lowest BCUT2D eigenvalue weighted by Crippen LogP contribution is -2.00. The number of nitrogens with zero attached hydrogens (tertiary/aromatic N) is 6. The molecule has 0 aliphatic heterocycles. The van der Waals surface area contributed by atoms with Crippen LogP contribution in [0.5, 0.6) is 0 Å². The second kappa shape index (κ2) is 17.5. The van der Waals surface area contributed by atoms with Crippen molar-refractivity contribution in [3.05, 3.63) is 236 Å².